The summed E-state index contributed by atoms with van der Waals surface area (Å²) in [6.45, 7) is 3.51. The minimum Gasteiger partial charge on any atom is -0.426 e. The van der Waals surface area contributed by atoms with Gasteiger partial charge in [-0.3, -0.25) is 4.79 Å². The SMILES string of the molecule is CC(C)C(=O)Oc1ccc(C=C(C#N)C#N)cc1. The Morgan fingerprint density at radius 3 is 2.22 bits per heavy atom. The minimum absolute atomic E-state index is 0.0296. The van der Waals surface area contributed by atoms with Crippen molar-refractivity contribution in [3.63, 3.8) is 0 Å². The standard InChI is InChI=1S/C14H12N2O2/c1-10(2)14(17)18-13-5-3-11(4-6-13)7-12(8-15)9-16/h3-7,10H,1-2H3. The highest BCUT2D eigenvalue weighted by Crippen LogP contribution is 2.15. The molecule has 90 valence electrons. The molecule has 4 nitrogen and oxygen atoms in total. The number of ether oxygens (including phenoxy) is 1. The molecular formula is C14H12N2O2. The topological polar surface area (TPSA) is 73.9 Å². The van der Waals surface area contributed by atoms with Gasteiger partial charge in [0, 0.05) is 0 Å². The van der Waals surface area contributed by atoms with Gasteiger partial charge < -0.3 is 4.74 Å². The summed E-state index contributed by atoms with van der Waals surface area (Å²) in [6, 6.07) is 10.2. The van der Waals surface area contributed by atoms with Crippen molar-refractivity contribution >= 4 is 12.0 Å². The maximum Gasteiger partial charge on any atom is 0.313 e. The highest BCUT2D eigenvalue weighted by Gasteiger charge is 2.09. The van der Waals surface area contributed by atoms with Crippen LogP contribution in [0.1, 0.15) is 19.4 Å². The van der Waals surface area contributed by atoms with E-state index in [9.17, 15) is 4.79 Å². The summed E-state index contributed by atoms with van der Waals surface area (Å²) in [5.41, 5.74) is 0.736. The summed E-state index contributed by atoms with van der Waals surface area (Å²) in [5, 5.41) is 17.2. The average molecular weight is 240 g/mol. The molecule has 0 aromatic heterocycles. The van der Waals surface area contributed by atoms with Gasteiger partial charge in [0.2, 0.25) is 0 Å². The Balaban J connectivity index is 2.82. The first-order chi connectivity index (χ1) is 8.56. The number of hydrogen-bond donors (Lipinski definition) is 0. The molecule has 0 bridgehead atoms. The summed E-state index contributed by atoms with van der Waals surface area (Å²) in [5.74, 6) is -0.0392. The van der Waals surface area contributed by atoms with E-state index in [-0.39, 0.29) is 17.5 Å². The van der Waals surface area contributed by atoms with Crippen LogP contribution in [-0.2, 0) is 4.79 Å². The Labute approximate surface area is 106 Å². The highest BCUT2D eigenvalue weighted by molar-refractivity contribution is 5.74. The summed E-state index contributed by atoms with van der Waals surface area (Å²) >= 11 is 0. The quantitative estimate of drug-likeness (QED) is 0.462. The molecule has 0 saturated carbocycles. The summed E-state index contributed by atoms with van der Waals surface area (Å²) < 4.78 is 5.10. The highest BCUT2D eigenvalue weighted by atomic mass is 16.5. The molecule has 0 radical (unpaired) electrons. The second kappa shape index (κ2) is 6.22. The van der Waals surface area contributed by atoms with Gasteiger partial charge in [0.25, 0.3) is 0 Å². The van der Waals surface area contributed by atoms with Crippen LogP contribution in [-0.4, -0.2) is 5.97 Å². The van der Waals surface area contributed by atoms with Crippen molar-refractivity contribution < 1.29 is 9.53 Å². The lowest BCUT2D eigenvalue weighted by molar-refractivity contribution is -0.137. The Morgan fingerprint density at radius 2 is 1.78 bits per heavy atom. The van der Waals surface area contributed by atoms with E-state index in [2.05, 4.69) is 0 Å². The molecular weight excluding hydrogens is 228 g/mol. The molecule has 1 aromatic carbocycles. The van der Waals surface area contributed by atoms with Crippen LogP contribution in [0.2, 0.25) is 0 Å². The first-order valence-corrected chi connectivity index (χ1v) is 5.40. The molecule has 0 spiro atoms. The lowest BCUT2D eigenvalue weighted by Crippen LogP contribution is -2.14. The summed E-state index contributed by atoms with van der Waals surface area (Å²) in [6.07, 6.45) is 1.47. The van der Waals surface area contributed by atoms with Crippen LogP contribution < -0.4 is 4.74 Å². The van der Waals surface area contributed by atoms with E-state index >= 15 is 0 Å². The fourth-order valence-corrected chi connectivity index (χ4v) is 1.12. The largest absolute Gasteiger partial charge is 0.426 e. The smallest absolute Gasteiger partial charge is 0.313 e. The molecule has 0 aliphatic rings. The monoisotopic (exact) mass is 240 g/mol. The van der Waals surface area contributed by atoms with Gasteiger partial charge in [-0.05, 0) is 23.8 Å². The molecule has 4 heteroatoms. The van der Waals surface area contributed by atoms with Crippen LogP contribution in [0.5, 0.6) is 5.75 Å². The normalized spacial score (nSPS) is 9.17. The van der Waals surface area contributed by atoms with Crippen LogP contribution in [0.25, 0.3) is 6.08 Å². The molecule has 0 atom stereocenters. The fraction of sp³-hybridized carbons (Fsp3) is 0.214. The zero-order valence-electron chi connectivity index (χ0n) is 10.2. The van der Waals surface area contributed by atoms with E-state index in [4.69, 9.17) is 15.3 Å². The van der Waals surface area contributed by atoms with Crippen molar-refractivity contribution in [1.82, 2.24) is 0 Å². The first kappa shape index (κ1) is 13.5. The first-order valence-electron chi connectivity index (χ1n) is 5.40. The van der Waals surface area contributed by atoms with Gasteiger partial charge in [-0.15, -0.1) is 0 Å². The van der Waals surface area contributed by atoms with Crippen molar-refractivity contribution in [1.29, 1.82) is 10.5 Å². The molecule has 0 heterocycles. The molecule has 0 amide bonds. The lowest BCUT2D eigenvalue weighted by atomic mass is 10.1. The number of carbonyl (C=O) groups is 1. The van der Waals surface area contributed by atoms with Crippen molar-refractivity contribution in [2.24, 2.45) is 5.92 Å². The lowest BCUT2D eigenvalue weighted by Gasteiger charge is -2.06. The van der Waals surface area contributed by atoms with Gasteiger partial charge in [-0.25, -0.2) is 0 Å². The van der Waals surface area contributed by atoms with Gasteiger partial charge in [0.05, 0.1) is 5.92 Å². The summed E-state index contributed by atoms with van der Waals surface area (Å²) in [4.78, 5) is 11.3. The van der Waals surface area contributed by atoms with Crippen LogP contribution >= 0.6 is 0 Å². The third-order valence-electron chi connectivity index (χ3n) is 2.12. The molecule has 0 fully saturated rings. The Hall–Kier alpha value is -2.59. The molecule has 0 aliphatic heterocycles. The number of esters is 1. The van der Waals surface area contributed by atoms with E-state index in [0.29, 0.717) is 11.3 Å². The van der Waals surface area contributed by atoms with Gasteiger partial charge in [0.1, 0.15) is 23.5 Å². The summed E-state index contributed by atoms with van der Waals surface area (Å²) in [7, 11) is 0. The number of hydrogen-bond acceptors (Lipinski definition) is 4. The molecule has 1 rings (SSSR count). The van der Waals surface area contributed by atoms with E-state index in [1.54, 1.807) is 50.3 Å². The Kier molecular flexibility index (Phi) is 4.66. The van der Waals surface area contributed by atoms with Crippen LogP contribution in [0.4, 0.5) is 0 Å². The number of carbonyl (C=O) groups excluding carboxylic acids is 1. The number of allylic oxidation sites excluding steroid dienone is 1. The minimum atomic E-state index is -0.298. The number of nitrogens with zero attached hydrogens (tertiary/aromatic N) is 2. The molecule has 0 N–H and O–H groups in total. The molecule has 0 saturated heterocycles. The molecule has 18 heavy (non-hydrogen) atoms. The van der Waals surface area contributed by atoms with E-state index in [1.807, 2.05) is 0 Å². The van der Waals surface area contributed by atoms with Gasteiger partial charge in [-0.2, -0.15) is 10.5 Å². The van der Waals surface area contributed by atoms with Gasteiger partial charge in [-0.1, -0.05) is 26.0 Å². The van der Waals surface area contributed by atoms with Crippen molar-refractivity contribution in [3.05, 3.63) is 35.4 Å². The predicted octanol–water partition coefficient (Wildman–Crippen LogP) is 2.68. The molecule has 0 unspecified atom stereocenters. The zero-order chi connectivity index (χ0) is 13.5. The number of rotatable bonds is 3. The average Bonchev–Trinajstić information content (AvgIpc) is 2.37. The van der Waals surface area contributed by atoms with Crippen molar-refractivity contribution in [2.45, 2.75) is 13.8 Å². The van der Waals surface area contributed by atoms with E-state index in [1.165, 1.54) is 6.08 Å². The van der Waals surface area contributed by atoms with Gasteiger partial charge in [0.15, 0.2) is 0 Å². The van der Waals surface area contributed by atoms with E-state index < -0.39 is 0 Å². The Morgan fingerprint density at radius 1 is 1.22 bits per heavy atom. The maximum absolute atomic E-state index is 11.3. The van der Waals surface area contributed by atoms with Crippen molar-refractivity contribution in [2.75, 3.05) is 0 Å². The third-order valence-corrected chi connectivity index (χ3v) is 2.12. The maximum atomic E-state index is 11.3. The molecule has 1 aromatic rings. The Bertz CT molecular complexity index is 527. The van der Waals surface area contributed by atoms with Crippen LogP contribution in [0, 0.1) is 28.6 Å². The van der Waals surface area contributed by atoms with Crippen LogP contribution in [0.3, 0.4) is 0 Å². The van der Waals surface area contributed by atoms with Crippen LogP contribution in [0.15, 0.2) is 29.8 Å². The van der Waals surface area contributed by atoms with Gasteiger partial charge >= 0.3 is 5.97 Å². The second-order valence-electron chi connectivity index (χ2n) is 3.93. The van der Waals surface area contributed by atoms with Crippen molar-refractivity contribution in [3.8, 4) is 17.9 Å². The van der Waals surface area contributed by atoms with E-state index in [0.717, 1.165) is 0 Å². The number of nitriles is 2. The molecule has 0 aliphatic carbocycles. The zero-order valence-corrected chi connectivity index (χ0v) is 10.2. The second-order valence-corrected chi connectivity index (χ2v) is 3.93. The predicted molar refractivity (Wildman–Crippen MR) is 66.1 cm³/mol. The third kappa shape index (κ3) is 3.77. The fourth-order valence-electron chi connectivity index (χ4n) is 1.12. The number of benzene rings is 1.